The molecule has 4 aromatic rings. The number of rotatable bonds is 8. The van der Waals surface area contributed by atoms with Crippen LogP contribution in [0, 0.1) is 0 Å². The number of likely N-dealkylation sites (N-methyl/N-ethyl adjacent to an activating group) is 4. The zero-order chi connectivity index (χ0) is 54.5. The molecule has 0 spiro atoms. The van der Waals surface area contributed by atoms with E-state index in [4.69, 9.17) is 0 Å². The van der Waals surface area contributed by atoms with E-state index in [0.717, 1.165) is 36.8 Å². The van der Waals surface area contributed by atoms with E-state index in [9.17, 15) is 53.1 Å². The molecule has 2 saturated heterocycles. The van der Waals surface area contributed by atoms with Crippen molar-refractivity contribution in [2.75, 3.05) is 88.3 Å². The van der Waals surface area contributed by atoms with Crippen molar-refractivity contribution in [2.24, 2.45) is 0 Å². The molecule has 2 bridgehead atoms. The monoisotopic (exact) mass is 1140 g/mol. The van der Waals surface area contributed by atoms with E-state index in [1.165, 1.54) is 73.6 Å². The Kier molecular flexibility index (Phi) is 21.3. The Bertz CT molecular complexity index is 2850. The third kappa shape index (κ3) is 14.8. The predicted octanol–water partition coefficient (Wildman–Crippen LogP) is 1.58. The molecule has 6 atom stereocenters. The molecule has 2 aromatic carbocycles. The van der Waals surface area contributed by atoms with Crippen LogP contribution in [0.4, 0.5) is 0 Å². The first kappa shape index (κ1) is 58.5. The van der Waals surface area contributed by atoms with Crippen molar-refractivity contribution in [2.45, 2.75) is 36.3 Å². The van der Waals surface area contributed by atoms with Gasteiger partial charge < -0.3 is 46.0 Å². The number of carbonyl (C=O) groups is 10. The lowest BCUT2D eigenvalue weighted by atomic mass is 10.1. The Morgan fingerprint density at radius 3 is 1.56 bits per heavy atom. The molecule has 21 nitrogen and oxygen atoms in total. The second-order valence-corrected chi connectivity index (χ2v) is 23.6. The minimum absolute atomic E-state index is 0.0197. The Morgan fingerprint density at radius 1 is 0.613 bits per heavy atom. The van der Waals surface area contributed by atoms with Crippen molar-refractivity contribution >= 4 is 148 Å². The summed E-state index contributed by atoms with van der Waals surface area (Å²) < 4.78 is 0. The molecule has 0 radical (unpaired) electrons. The molecule has 75 heavy (non-hydrogen) atoms. The molecule has 6 rings (SSSR count). The summed E-state index contributed by atoms with van der Waals surface area (Å²) in [5, 5.41) is 21.2. The van der Waals surface area contributed by atoms with Gasteiger partial charge in [0.15, 0.2) is 5.69 Å². The van der Waals surface area contributed by atoms with Crippen molar-refractivity contribution in [3.05, 3.63) is 78.1 Å². The van der Waals surface area contributed by atoms with Crippen LogP contribution < -0.4 is 21.3 Å². The summed E-state index contributed by atoms with van der Waals surface area (Å²) in [6.45, 7) is -1.33. The summed E-state index contributed by atoms with van der Waals surface area (Å²) in [4.78, 5) is 155. The minimum atomic E-state index is -1.52. The molecule has 5 N–H and O–H groups in total. The van der Waals surface area contributed by atoms with Crippen LogP contribution in [0.3, 0.4) is 0 Å². The van der Waals surface area contributed by atoms with E-state index >= 15 is 0 Å². The van der Waals surface area contributed by atoms with E-state index in [0.29, 0.717) is 39.9 Å². The lowest BCUT2D eigenvalue weighted by molar-refractivity contribution is -0.144. The first-order valence-electron chi connectivity index (χ1n) is 23.1. The third-order valence-electron chi connectivity index (χ3n) is 12.3. The number of thioether (sulfide) groups is 4. The Balaban J connectivity index is 1.35. The summed E-state index contributed by atoms with van der Waals surface area (Å²) in [5.41, 5.74) is 0.463. The molecule has 0 aliphatic carbocycles. The summed E-state index contributed by atoms with van der Waals surface area (Å²) in [5.74, 6) is -7.54. The molecule has 1 unspecified atom stereocenters. The van der Waals surface area contributed by atoms with Crippen LogP contribution in [0.2, 0.25) is 0 Å². The van der Waals surface area contributed by atoms with E-state index < -0.39 is 124 Å². The predicted molar refractivity (Wildman–Crippen MR) is 297 cm³/mol. The van der Waals surface area contributed by atoms with E-state index in [2.05, 4.69) is 31.2 Å². The number of nitrogens with one attached hydrogen (secondary N) is 4. The van der Waals surface area contributed by atoms with Gasteiger partial charge in [-0.05, 0) is 36.8 Å². The highest BCUT2D eigenvalue weighted by Gasteiger charge is 2.39. The van der Waals surface area contributed by atoms with Gasteiger partial charge in [0, 0.05) is 73.5 Å². The number of amides is 8. The topological polar surface area (TPSA) is 278 Å². The van der Waals surface area contributed by atoms with Gasteiger partial charge in [0.2, 0.25) is 45.7 Å². The molecule has 2 fully saturated rings. The quantitative estimate of drug-likeness (QED) is 0.157. The summed E-state index contributed by atoms with van der Waals surface area (Å²) in [6.07, 6.45) is 3.45. The van der Waals surface area contributed by atoms with Crippen molar-refractivity contribution in [3.8, 4) is 5.75 Å². The average Bonchev–Trinajstić information content (AvgIpc) is 3.41. The molecule has 0 saturated carbocycles. The summed E-state index contributed by atoms with van der Waals surface area (Å²) in [6, 6.07) is 10.6. The normalized spacial score (nSPS) is 23.0. The van der Waals surface area contributed by atoms with Crippen molar-refractivity contribution in [1.29, 1.82) is 0 Å². The van der Waals surface area contributed by atoms with Crippen LogP contribution in [-0.4, -0.2) is 217 Å². The number of aromatic nitrogens is 2. The summed E-state index contributed by atoms with van der Waals surface area (Å²) >= 11 is 3.82. The number of aromatic hydroxyl groups is 1. The standard InChI is InChI=1S/C48H56N10O11S6/c1-55-33-24-74-75-25-34(45(66)57(3)35(22-70-5)47(68)72-20-31(41(62)49-18-38(55)60)53-43(64)30-16-15-26-11-7-9-13-28(26)51-30)56(2)39(61)19-50-42(63)32(21-73-48(69)36(23-71-6)58(4)46(33)67)54-44(65)40-37(59)17-27-12-8-10-14-29(27)52-40/h7-17,31-36,59H,18-25H2,1-6H3,(H,49,62)(H,50,63)(H,53,64)(H,54,65)/t31-,32-,33+,34+,35+,36?/m1/s1. The maximum atomic E-state index is 14.7. The van der Waals surface area contributed by atoms with Gasteiger partial charge in [0.1, 0.15) is 47.7 Å². The van der Waals surface area contributed by atoms with Gasteiger partial charge in [0.05, 0.1) is 24.1 Å². The van der Waals surface area contributed by atoms with E-state index in [-0.39, 0.29) is 34.5 Å². The van der Waals surface area contributed by atoms with Gasteiger partial charge in [-0.2, -0.15) is 23.5 Å². The van der Waals surface area contributed by atoms with Gasteiger partial charge in [0.25, 0.3) is 11.8 Å². The van der Waals surface area contributed by atoms with E-state index in [1.54, 1.807) is 55.0 Å². The lowest BCUT2D eigenvalue weighted by Crippen LogP contribution is -2.57. The van der Waals surface area contributed by atoms with Gasteiger partial charge >= 0.3 is 0 Å². The molecular formula is C48H56N10O11S6. The van der Waals surface area contributed by atoms with Crippen molar-refractivity contribution in [1.82, 2.24) is 50.8 Å². The first-order valence-corrected chi connectivity index (χ1v) is 30.3. The number of fused-ring (bicyclic) bond motifs is 7. The fraction of sp³-hybridized carbons (Fsp3) is 0.417. The Hall–Kier alpha value is -5.74. The van der Waals surface area contributed by atoms with Crippen LogP contribution in [0.15, 0.2) is 66.7 Å². The zero-order valence-electron chi connectivity index (χ0n) is 41.6. The number of hydrogen-bond acceptors (Lipinski definition) is 19. The molecule has 2 aromatic heterocycles. The SMILES string of the molecule is CSCC1C(=O)SC[C@@H](NC(=O)c2nc3ccccc3cc2O)C(=O)NCC(=O)N(C)[C@H]2CSSC[C@@H](C(=O)N1C)N(C)C(=O)CNC(=O)[C@H](NC(=O)c1ccc3ccccc3n1)CSC(=O)[C@H](CSC)N(C)C2=O. The van der Waals surface area contributed by atoms with E-state index in [1.807, 2.05) is 12.1 Å². The highest BCUT2D eigenvalue weighted by Crippen LogP contribution is 2.29. The Labute approximate surface area is 457 Å². The van der Waals surface area contributed by atoms with Crippen LogP contribution in [0.5, 0.6) is 5.75 Å². The zero-order valence-corrected chi connectivity index (χ0v) is 46.5. The first-order chi connectivity index (χ1) is 35.8. The average molecular weight is 1140 g/mol. The number of benzene rings is 2. The van der Waals surface area contributed by atoms with Gasteiger partial charge in [-0.25, -0.2) is 9.97 Å². The number of nitrogens with zero attached hydrogens (tertiary/aromatic N) is 6. The number of carbonyl (C=O) groups excluding carboxylic acids is 10. The summed E-state index contributed by atoms with van der Waals surface area (Å²) in [7, 11) is 7.72. The fourth-order valence-corrected chi connectivity index (χ4v) is 13.8. The maximum Gasteiger partial charge on any atom is 0.274 e. The van der Waals surface area contributed by atoms with Gasteiger partial charge in [-0.15, -0.1) is 0 Å². The molecule has 2 aliphatic heterocycles. The molecule has 4 heterocycles. The van der Waals surface area contributed by atoms with Crippen LogP contribution in [0.25, 0.3) is 21.8 Å². The smallest absolute Gasteiger partial charge is 0.274 e. The molecular weight excluding hydrogens is 1080 g/mol. The minimum Gasteiger partial charge on any atom is -0.505 e. The molecule has 8 amide bonds. The molecule has 2 aliphatic rings. The maximum absolute atomic E-state index is 14.7. The Morgan fingerprint density at radius 2 is 1.07 bits per heavy atom. The number of para-hydroxylation sites is 2. The largest absolute Gasteiger partial charge is 0.505 e. The highest BCUT2D eigenvalue weighted by atomic mass is 33.1. The second-order valence-electron chi connectivity index (χ2n) is 17.1. The lowest BCUT2D eigenvalue weighted by Gasteiger charge is -2.35. The van der Waals surface area contributed by atoms with Crippen molar-refractivity contribution in [3.63, 3.8) is 0 Å². The second kappa shape index (κ2) is 27.3. The van der Waals surface area contributed by atoms with Crippen LogP contribution >= 0.6 is 68.6 Å². The highest BCUT2D eigenvalue weighted by molar-refractivity contribution is 8.76. The number of pyridine rings is 2. The fourth-order valence-electron chi connectivity index (χ4n) is 7.67. The van der Waals surface area contributed by atoms with Gasteiger partial charge in [-0.3, -0.25) is 47.9 Å². The van der Waals surface area contributed by atoms with Crippen LogP contribution in [-0.2, 0) is 38.4 Å². The molecule has 400 valence electrons. The van der Waals surface area contributed by atoms with Crippen molar-refractivity contribution < 1.29 is 53.1 Å². The third-order valence-corrected chi connectivity index (χ3v) is 18.1. The van der Waals surface area contributed by atoms with Gasteiger partial charge in [-0.1, -0.05) is 87.6 Å². The van der Waals surface area contributed by atoms with Crippen LogP contribution in [0.1, 0.15) is 21.0 Å². The molecule has 27 heteroatoms. The number of hydrogen-bond donors (Lipinski definition) is 5.